The van der Waals surface area contributed by atoms with E-state index in [2.05, 4.69) is 0 Å². The minimum Gasteiger partial charge on any atom is -0.389 e. The average molecular weight is 104 g/mol. The molecule has 0 aliphatic heterocycles. The Bertz CT molecular complexity index is 82.1. The summed E-state index contributed by atoms with van der Waals surface area (Å²) in [5, 5.41) is 8.07. The van der Waals surface area contributed by atoms with Crippen molar-refractivity contribution in [1.29, 1.82) is 0 Å². The predicted octanol–water partition coefficient (Wildman–Crippen LogP) is 1.24. The fraction of sp³-hybridized carbons (Fsp3) is 0.600. The highest BCUT2D eigenvalue weighted by Gasteiger charge is 1.89. The molecule has 1 N–H and O–H groups in total. The lowest BCUT2D eigenvalue weighted by atomic mass is 10.3. The molecule has 0 spiro atoms. The monoisotopic (exact) mass is 104 g/mol. The Hall–Kier alpha value is -0.370. The average Bonchev–Trinajstić information content (AvgIpc) is 1.65. The summed E-state index contributed by atoms with van der Waals surface area (Å²) < 4.78 is 11.9. The van der Waals surface area contributed by atoms with E-state index in [4.69, 9.17) is 5.11 Å². The number of hydrogen-bond donors (Lipinski definition) is 1. The van der Waals surface area contributed by atoms with Gasteiger partial charge in [-0.25, -0.2) is 4.39 Å². The van der Waals surface area contributed by atoms with E-state index in [9.17, 15) is 4.39 Å². The molecule has 0 aliphatic carbocycles. The normalized spacial score (nSPS) is 8.57. The van der Waals surface area contributed by atoms with Crippen LogP contribution >= 0.6 is 0 Å². The van der Waals surface area contributed by atoms with Crippen LogP contribution in [0.15, 0.2) is 11.4 Å². The largest absolute Gasteiger partial charge is 0.389 e. The second kappa shape index (κ2) is 2.75. The summed E-state index contributed by atoms with van der Waals surface area (Å²) in [4.78, 5) is 0. The molecule has 0 rings (SSSR count). The van der Waals surface area contributed by atoms with Gasteiger partial charge in [-0.05, 0) is 19.4 Å². The molecular weight excluding hydrogens is 95.1 g/mol. The number of aliphatic hydroxyl groups is 1. The Kier molecular flexibility index (Phi) is 2.60. The van der Waals surface area contributed by atoms with Crippen LogP contribution < -0.4 is 0 Å². The van der Waals surface area contributed by atoms with Crippen molar-refractivity contribution in [2.75, 3.05) is 6.61 Å². The smallest absolute Gasteiger partial charge is 0.124 e. The predicted molar refractivity (Wildman–Crippen MR) is 26.6 cm³/mol. The minimum absolute atomic E-state index is 0.431. The van der Waals surface area contributed by atoms with E-state index in [0.29, 0.717) is 5.57 Å². The van der Waals surface area contributed by atoms with Gasteiger partial charge in [-0.3, -0.25) is 0 Å². The molecule has 1 nitrogen and oxygen atoms in total. The molecule has 0 bridgehead atoms. The topological polar surface area (TPSA) is 20.2 Å². The van der Waals surface area contributed by atoms with E-state index in [1.54, 1.807) is 13.8 Å². The van der Waals surface area contributed by atoms with Crippen molar-refractivity contribution in [2.24, 2.45) is 0 Å². The summed E-state index contributed by atoms with van der Waals surface area (Å²) in [6, 6.07) is 0. The van der Waals surface area contributed by atoms with Gasteiger partial charge < -0.3 is 5.11 Å². The van der Waals surface area contributed by atoms with Gasteiger partial charge in [0.25, 0.3) is 0 Å². The highest BCUT2D eigenvalue weighted by atomic mass is 19.1. The maximum Gasteiger partial charge on any atom is 0.124 e. The van der Waals surface area contributed by atoms with E-state index in [-0.39, 0.29) is 0 Å². The second-order valence-corrected chi connectivity index (χ2v) is 1.56. The van der Waals surface area contributed by atoms with E-state index in [1.807, 2.05) is 0 Å². The Balaban J connectivity index is 3.72. The molecule has 7 heavy (non-hydrogen) atoms. The number of rotatable bonds is 1. The first kappa shape index (κ1) is 6.63. The molecule has 0 unspecified atom stereocenters. The zero-order valence-corrected chi connectivity index (χ0v) is 4.53. The van der Waals surface area contributed by atoms with Gasteiger partial charge in [-0.2, -0.15) is 0 Å². The van der Waals surface area contributed by atoms with Crippen LogP contribution in [0.3, 0.4) is 0 Å². The van der Waals surface area contributed by atoms with Gasteiger partial charge in [-0.1, -0.05) is 0 Å². The Morgan fingerprint density at radius 3 is 2.00 bits per heavy atom. The zero-order chi connectivity index (χ0) is 5.86. The van der Waals surface area contributed by atoms with Crippen molar-refractivity contribution < 1.29 is 9.50 Å². The van der Waals surface area contributed by atoms with Gasteiger partial charge in [0.15, 0.2) is 0 Å². The van der Waals surface area contributed by atoms with Crippen molar-refractivity contribution in [3.63, 3.8) is 0 Å². The molecule has 42 valence electrons. The number of halogens is 1. The summed E-state index contributed by atoms with van der Waals surface area (Å²) in [5.41, 5.74) is 0.544. The van der Waals surface area contributed by atoms with Crippen molar-refractivity contribution in [1.82, 2.24) is 0 Å². The van der Waals surface area contributed by atoms with E-state index in [1.165, 1.54) is 0 Å². The number of aliphatic hydroxyl groups excluding tert-OH is 1. The van der Waals surface area contributed by atoms with Gasteiger partial charge in [0.2, 0.25) is 0 Å². The molecule has 0 amide bonds. The van der Waals surface area contributed by atoms with Crippen LogP contribution in [0.1, 0.15) is 13.8 Å². The molecule has 2 heteroatoms. The maximum absolute atomic E-state index is 11.9. The first-order valence-electron chi connectivity index (χ1n) is 2.11. The van der Waals surface area contributed by atoms with Gasteiger partial charge in [0.05, 0.1) is 6.61 Å². The van der Waals surface area contributed by atoms with Crippen LogP contribution in [-0.2, 0) is 0 Å². The molecule has 0 aromatic carbocycles. The lowest BCUT2D eigenvalue weighted by Gasteiger charge is -1.89. The number of hydrogen-bond acceptors (Lipinski definition) is 1. The van der Waals surface area contributed by atoms with Crippen LogP contribution in [-0.4, -0.2) is 11.7 Å². The second-order valence-electron chi connectivity index (χ2n) is 1.56. The molecule has 0 saturated carbocycles. The van der Waals surface area contributed by atoms with Crippen molar-refractivity contribution in [3.05, 3.63) is 11.4 Å². The van der Waals surface area contributed by atoms with Gasteiger partial charge in [0.1, 0.15) is 5.83 Å². The lowest BCUT2D eigenvalue weighted by Crippen LogP contribution is -1.83. The molecule has 0 aromatic rings. The zero-order valence-electron chi connectivity index (χ0n) is 4.53. The minimum atomic E-state index is -0.470. The highest BCUT2D eigenvalue weighted by Crippen LogP contribution is 2.00. The third-order valence-corrected chi connectivity index (χ3v) is 0.681. The third-order valence-electron chi connectivity index (χ3n) is 0.681. The molecular formula is C5H9FO. The van der Waals surface area contributed by atoms with E-state index >= 15 is 0 Å². The molecule has 0 fully saturated rings. The van der Waals surface area contributed by atoms with Crippen molar-refractivity contribution in [2.45, 2.75) is 13.8 Å². The Morgan fingerprint density at radius 2 is 2.00 bits per heavy atom. The van der Waals surface area contributed by atoms with Crippen molar-refractivity contribution >= 4 is 0 Å². The summed E-state index contributed by atoms with van der Waals surface area (Å²) in [7, 11) is 0. The summed E-state index contributed by atoms with van der Waals surface area (Å²) in [6.45, 7) is 2.76. The van der Waals surface area contributed by atoms with Crippen LogP contribution in [0.5, 0.6) is 0 Å². The molecule has 0 heterocycles. The van der Waals surface area contributed by atoms with Gasteiger partial charge in [-0.15, -0.1) is 0 Å². The number of allylic oxidation sites excluding steroid dienone is 1. The van der Waals surface area contributed by atoms with Crippen LogP contribution in [0, 0.1) is 0 Å². The van der Waals surface area contributed by atoms with Crippen LogP contribution in [0.4, 0.5) is 4.39 Å². The van der Waals surface area contributed by atoms with Crippen LogP contribution in [0.2, 0.25) is 0 Å². The summed E-state index contributed by atoms with van der Waals surface area (Å²) in [6.07, 6.45) is 0. The Morgan fingerprint density at radius 1 is 1.57 bits per heavy atom. The Labute approximate surface area is 42.5 Å². The first-order valence-corrected chi connectivity index (χ1v) is 2.11. The summed E-state index contributed by atoms with van der Waals surface area (Å²) >= 11 is 0. The van der Waals surface area contributed by atoms with Gasteiger partial charge in [0, 0.05) is 0 Å². The fourth-order valence-corrected chi connectivity index (χ4v) is 0.158. The standard InChI is InChI=1S/C5H9FO/c1-4(2)5(6)3-7/h7H,3H2,1-2H3. The maximum atomic E-state index is 11.9. The quantitative estimate of drug-likeness (QED) is 0.530. The molecule has 0 atom stereocenters. The molecule has 0 aromatic heterocycles. The first-order chi connectivity index (χ1) is 3.18. The SMILES string of the molecule is CC(C)=C(F)CO. The van der Waals surface area contributed by atoms with Crippen molar-refractivity contribution in [3.8, 4) is 0 Å². The van der Waals surface area contributed by atoms with E-state index < -0.39 is 12.4 Å². The van der Waals surface area contributed by atoms with Gasteiger partial charge >= 0.3 is 0 Å². The summed E-state index contributed by atoms with van der Waals surface area (Å²) in [5.74, 6) is -0.431. The molecule has 0 aliphatic rings. The lowest BCUT2D eigenvalue weighted by molar-refractivity contribution is 0.296. The molecule has 0 saturated heterocycles. The highest BCUT2D eigenvalue weighted by molar-refractivity contribution is 5.00. The van der Waals surface area contributed by atoms with Crippen LogP contribution in [0.25, 0.3) is 0 Å². The fourth-order valence-electron chi connectivity index (χ4n) is 0.158. The van der Waals surface area contributed by atoms with E-state index in [0.717, 1.165) is 0 Å². The third kappa shape index (κ3) is 2.34. The molecule has 0 radical (unpaired) electrons.